The van der Waals surface area contributed by atoms with Crippen molar-refractivity contribution in [2.75, 3.05) is 11.1 Å². The molecule has 3 aromatic rings. The molecule has 4 rings (SSSR count). The lowest BCUT2D eigenvalue weighted by Crippen LogP contribution is -2.14. The summed E-state index contributed by atoms with van der Waals surface area (Å²) in [5.41, 5.74) is 1.47. The minimum atomic E-state index is -0.153. The molecular weight excluding hydrogens is 394 g/mol. The van der Waals surface area contributed by atoms with Gasteiger partial charge in [0.15, 0.2) is 16.8 Å². The number of anilines is 1. The molecule has 7 nitrogen and oxygen atoms in total. The van der Waals surface area contributed by atoms with Crippen LogP contribution in [-0.2, 0) is 24.7 Å². The number of carbonyl (C=O) groups is 1. The van der Waals surface area contributed by atoms with E-state index < -0.39 is 0 Å². The van der Waals surface area contributed by atoms with Crippen molar-refractivity contribution in [2.24, 2.45) is 13.0 Å². The Morgan fingerprint density at radius 1 is 1.43 bits per heavy atom. The Hall–Kier alpha value is -2.13. The van der Waals surface area contributed by atoms with E-state index >= 15 is 0 Å². The van der Waals surface area contributed by atoms with Crippen molar-refractivity contribution in [1.29, 1.82) is 0 Å². The number of thiophene rings is 1. The van der Waals surface area contributed by atoms with Crippen molar-refractivity contribution in [3.05, 3.63) is 28.3 Å². The minimum Gasteiger partial charge on any atom is -0.360 e. The Morgan fingerprint density at radius 3 is 3.04 bits per heavy atom. The number of hydrogen-bond acceptors (Lipinski definition) is 7. The summed E-state index contributed by atoms with van der Waals surface area (Å²) in [5, 5.41) is 15.9. The van der Waals surface area contributed by atoms with E-state index in [-0.39, 0.29) is 11.7 Å². The van der Waals surface area contributed by atoms with E-state index in [1.165, 1.54) is 47.9 Å². The molecule has 0 spiro atoms. The molecule has 1 N–H and O–H groups in total. The summed E-state index contributed by atoms with van der Waals surface area (Å²) < 4.78 is 6.92. The number of thioether (sulfide) groups is 1. The molecule has 0 saturated heterocycles. The molecule has 1 atom stereocenters. The fraction of sp³-hybridized carbons (Fsp3) is 0.474. The first-order valence-electron chi connectivity index (χ1n) is 9.40. The predicted molar refractivity (Wildman–Crippen MR) is 111 cm³/mol. The van der Waals surface area contributed by atoms with Crippen molar-refractivity contribution in [3.8, 4) is 10.7 Å². The highest BCUT2D eigenvalue weighted by atomic mass is 32.2. The molecule has 3 aromatic heterocycles. The normalized spacial score (nSPS) is 16.2. The average Bonchev–Trinajstić information content (AvgIpc) is 3.37. The number of nitrogens with zero attached hydrogens (tertiary/aromatic N) is 4. The molecule has 1 aliphatic rings. The molecule has 0 aliphatic heterocycles. The maximum atomic E-state index is 12.1. The van der Waals surface area contributed by atoms with Gasteiger partial charge in [-0.05, 0) is 43.7 Å². The van der Waals surface area contributed by atoms with Crippen molar-refractivity contribution in [2.45, 2.75) is 44.7 Å². The lowest BCUT2D eigenvalue weighted by atomic mass is 9.87. The van der Waals surface area contributed by atoms with Crippen molar-refractivity contribution >= 4 is 34.8 Å². The fourth-order valence-electron chi connectivity index (χ4n) is 3.45. The van der Waals surface area contributed by atoms with Gasteiger partial charge < -0.3 is 14.4 Å². The quantitative estimate of drug-likeness (QED) is 0.608. The Bertz CT molecular complexity index is 991. The summed E-state index contributed by atoms with van der Waals surface area (Å²) in [5.74, 6) is 2.83. The third-order valence-electron chi connectivity index (χ3n) is 5.05. The van der Waals surface area contributed by atoms with E-state index in [0.717, 1.165) is 21.8 Å². The maximum absolute atomic E-state index is 12.1. The third-order valence-corrected chi connectivity index (χ3v) is 7.30. The topological polar surface area (TPSA) is 85.8 Å². The zero-order chi connectivity index (χ0) is 19.7. The standard InChI is InChI=1S/C19H23N5O2S2/c1-4-12-5-6-14-13(8-12)9-15(28-14)18-21-22-19(24(18)3)27-10-17(25)20-16-7-11(2)26-23-16/h7,9,12H,4-6,8,10H2,1-3H3,(H,20,23,25)/t12-/m0/s1. The molecule has 0 bridgehead atoms. The molecule has 9 heteroatoms. The van der Waals surface area contributed by atoms with Gasteiger partial charge in [-0.25, -0.2) is 0 Å². The van der Waals surface area contributed by atoms with Gasteiger partial charge in [0.05, 0.1) is 10.6 Å². The number of nitrogens with one attached hydrogen (secondary N) is 1. The zero-order valence-corrected chi connectivity index (χ0v) is 17.8. The van der Waals surface area contributed by atoms with Gasteiger partial charge >= 0.3 is 0 Å². The number of carbonyl (C=O) groups excluding carboxylic acids is 1. The second-order valence-corrected chi connectivity index (χ2v) is 9.18. The average molecular weight is 418 g/mol. The van der Waals surface area contributed by atoms with Crippen LogP contribution in [-0.4, -0.2) is 31.6 Å². The Labute approximate surface area is 171 Å². The smallest absolute Gasteiger partial charge is 0.236 e. The van der Waals surface area contributed by atoms with Gasteiger partial charge in [-0.15, -0.1) is 21.5 Å². The minimum absolute atomic E-state index is 0.153. The van der Waals surface area contributed by atoms with E-state index in [4.69, 9.17) is 4.52 Å². The molecule has 3 heterocycles. The van der Waals surface area contributed by atoms with Crippen LogP contribution in [0.25, 0.3) is 10.7 Å². The molecule has 0 saturated carbocycles. The molecule has 28 heavy (non-hydrogen) atoms. The molecule has 0 radical (unpaired) electrons. The lowest BCUT2D eigenvalue weighted by Gasteiger charge is -2.19. The summed E-state index contributed by atoms with van der Waals surface area (Å²) in [6.07, 6.45) is 4.86. The van der Waals surface area contributed by atoms with Crippen LogP contribution in [0.3, 0.4) is 0 Å². The summed E-state index contributed by atoms with van der Waals surface area (Å²) in [4.78, 5) is 14.7. The van der Waals surface area contributed by atoms with E-state index in [1.807, 2.05) is 23.0 Å². The largest absolute Gasteiger partial charge is 0.360 e. The van der Waals surface area contributed by atoms with E-state index in [2.05, 4.69) is 33.7 Å². The van der Waals surface area contributed by atoms with Crippen LogP contribution < -0.4 is 5.32 Å². The second kappa shape index (κ2) is 8.08. The Morgan fingerprint density at radius 2 is 2.29 bits per heavy atom. The van der Waals surface area contributed by atoms with Crippen LogP contribution in [0.1, 0.15) is 36.0 Å². The van der Waals surface area contributed by atoms with Gasteiger partial charge in [-0.1, -0.05) is 30.3 Å². The van der Waals surface area contributed by atoms with Gasteiger partial charge in [0.2, 0.25) is 5.91 Å². The third kappa shape index (κ3) is 4.00. The van der Waals surface area contributed by atoms with E-state index in [0.29, 0.717) is 11.6 Å². The van der Waals surface area contributed by atoms with Crippen LogP contribution in [0.2, 0.25) is 0 Å². The second-order valence-electron chi connectivity index (χ2n) is 7.10. The fourth-order valence-corrected chi connectivity index (χ4v) is 5.39. The number of amides is 1. The summed E-state index contributed by atoms with van der Waals surface area (Å²) in [6.45, 7) is 4.05. The van der Waals surface area contributed by atoms with E-state index in [1.54, 1.807) is 13.0 Å². The first-order valence-corrected chi connectivity index (χ1v) is 11.2. The number of fused-ring (bicyclic) bond motifs is 1. The van der Waals surface area contributed by atoms with Crippen LogP contribution in [0.15, 0.2) is 21.8 Å². The van der Waals surface area contributed by atoms with Gasteiger partial charge in [-0.3, -0.25) is 4.79 Å². The first kappa shape index (κ1) is 19.2. The van der Waals surface area contributed by atoms with Crippen molar-refractivity contribution in [3.63, 3.8) is 0 Å². The van der Waals surface area contributed by atoms with Gasteiger partial charge in [0.1, 0.15) is 5.76 Å². The van der Waals surface area contributed by atoms with Gasteiger partial charge in [-0.2, -0.15) is 0 Å². The van der Waals surface area contributed by atoms with Crippen molar-refractivity contribution in [1.82, 2.24) is 19.9 Å². The molecule has 148 valence electrons. The van der Waals surface area contributed by atoms with Crippen LogP contribution in [0.4, 0.5) is 5.82 Å². The van der Waals surface area contributed by atoms with Crippen molar-refractivity contribution < 1.29 is 9.32 Å². The van der Waals surface area contributed by atoms with Crippen LogP contribution in [0, 0.1) is 12.8 Å². The van der Waals surface area contributed by atoms with Gasteiger partial charge in [0, 0.05) is 18.0 Å². The highest BCUT2D eigenvalue weighted by Gasteiger charge is 2.22. The summed E-state index contributed by atoms with van der Waals surface area (Å²) in [7, 11) is 1.95. The van der Waals surface area contributed by atoms with Crippen LogP contribution in [0.5, 0.6) is 0 Å². The Kier molecular flexibility index (Phi) is 5.54. The number of aromatic nitrogens is 4. The summed E-state index contributed by atoms with van der Waals surface area (Å²) >= 11 is 3.19. The zero-order valence-electron chi connectivity index (χ0n) is 16.2. The Balaban J connectivity index is 1.42. The number of hydrogen-bond donors (Lipinski definition) is 1. The molecule has 0 fully saturated rings. The lowest BCUT2D eigenvalue weighted by molar-refractivity contribution is -0.113. The SMILES string of the molecule is CC[C@H]1CCc2sc(-c3nnc(SCC(=O)Nc4cc(C)on4)n3C)cc2C1. The number of aryl methyl sites for hydroxylation is 2. The number of rotatable bonds is 6. The molecule has 1 aliphatic carbocycles. The molecule has 1 amide bonds. The summed E-state index contributed by atoms with van der Waals surface area (Å²) in [6, 6.07) is 3.96. The van der Waals surface area contributed by atoms with Gasteiger partial charge in [0.25, 0.3) is 0 Å². The van der Waals surface area contributed by atoms with Crippen LogP contribution >= 0.6 is 23.1 Å². The molecular formula is C19H23N5O2S2. The first-order chi connectivity index (χ1) is 13.5. The molecule has 0 aromatic carbocycles. The highest BCUT2D eigenvalue weighted by Crippen LogP contribution is 2.38. The monoisotopic (exact) mass is 417 g/mol. The van der Waals surface area contributed by atoms with E-state index in [9.17, 15) is 4.79 Å². The highest BCUT2D eigenvalue weighted by molar-refractivity contribution is 7.99. The molecule has 0 unspecified atom stereocenters. The predicted octanol–water partition coefficient (Wildman–Crippen LogP) is 4.09. The maximum Gasteiger partial charge on any atom is 0.236 e.